The van der Waals surface area contributed by atoms with Gasteiger partial charge in [0.25, 0.3) is 0 Å². The number of halogens is 2. The summed E-state index contributed by atoms with van der Waals surface area (Å²) in [5.74, 6) is 0.403. The Hall–Kier alpha value is -1.95. The van der Waals surface area contributed by atoms with Crippen molar-refractivity contribution in [1.82, 2.24) is 0 Å². The van der Waals surface area contributed by atoms with E-state index < -0.39 is 6.03 Å². The van der Waals surface area contributed by atoms with Crippen molar-refractivity contribution in [3.63, 3.8) is 0 Å². The average molecular weight is 369 g/mol. The van der Waals surface area contributed by atoms with E-state index in [0.29, 0.717) is 47.0 Å². The molecule has 0 fully saturated rings. The van der Waals surface area contributed by atoms with E-state index in [4.69, 9.17) is 32.7 Å². The van der Waals surface area contributed by atoms with Crippen LogP contribution in [0.15, 0.2) is 42.5 Å². The van der Waals surface area contributed by atoms with E-state index in [1.807, 2.05) is 6.92 Å². The first-order valence-corrected chi connectivity index (χ1v) is 8.18. The van der Waals surface area contributed by atoms with E-state index in [9.17, 15) is 4.79 Å². The van der Waals surface area contributed by atoms with Crippen molar-refractivity contribution < 1.29 is 14.3 Å². The summed E-state index contributed by atoms with van der Waals surface area (Å²) in [4.78, 5) is 12.1. The molecule has 0 aliphatic heterocycles. The minimum absolute atomic E-state index is 0.335. The molecule has 2 rings (SSSR count). The van der Waals surface area contributed by atoms with E-state index >= 15 is 0 Å². The number of anilines is 2. The summed E-state index contributed by atoms with van der Waals surface area (Å²) < 4.78 is 10.8. The fourth-order valence-electron chi connectivity index (χ4n) is 1.95. The smallest absolute Gasteiger partial charge is 0.323 e. The summed E-state index contributed by atoms with van der Waals surface area (Å²) in [7, 11) is 0. The van der Waals surface area contributed by atoms with Crippen LogP contribution < -0.4 is 15.4 Å². The lowest BCUT2D eigenvalue weighted by molar-refractivity contribution is 0.110. The maximum atomic E-state index is 12.1. The number of benzene rings is 2. The van der Waals surface area contributed by atoms with Gasteiger partial charge in [-0.3, -0.25) is 0 Å². The Balaban J connectivity index is 2.02. The Labute approximate surface area is 150 Å². The van der Waals surface area contributed by atoms with E-state index in [-0.39, 0.29) is 0 Å². The number of para-hydroxylation sites is 1. The lowest BCUT2D eigenvalue weighted by atomic mass is 10.3. The molecule has 0 heterocycles. The molecule has 2 amide bonds. The van der Waals surface area contributed by atoms with E-state index in [0.717, 1.165) is 0 Å². The molecule has 0 spiro atoms. The number of nitrogens with one attached hydrogen (secondary N) is 2. The number of ether oxygens (including phenoxy) is 2. The molecule has 2 aromatic carbocycles. The molecule has 0 aromatic heterocycles. The highest BCUT2D eigenvalue weighted by atomic mass is 35.5. The summed E-state index contributed by atoms with van der Waals surface area (Å²) in [6.45, 7) is 3.29. The molecule has 128 valence electrons. The first kappa shape index (κ1) is 18.4. The zero-order valence-electron chi connectivity index (χ0n) is 13.1. The second-order valence-corrected chi connectivity index (χ2v) is 5.60. The van der Waals surface area contributed by atoms with Crippen LogP contribution in [-0.4, -0.2) is 25.9 Å². The molecule has 7 heteroatoms. The van der Waals surface area contributed by atoms with Gasteiger partial charge >= 0.3 is 6.03 Å². The van der Waals surface area contributed by atoms with E-state index in [1.165, 1.54) is 0 Å². The van der Waals surface area contributed by atoms with E-state index in [1.54, 1.807) is 42.5 Å². The van der Waals surface area contributed by atoms with E-state index in [2.05, 4.69) is 10.6 Å². The average Bonchev–Trinajstić information content (AvgIpc) is 2.53. The molecular weight excluding hydrogens is 351 g/mol. The van der Waals surface area contributed by atoms with Gasteiger partial charge in [-0.15, -0.1) is 0 Å². The van der Waals surface area contributed by atoms with Crippen molar-refractivity contribution in [2.24, 2.45) is 0 Å². The molecule has 2 N–H and O–H groups in total. The highest BCUT2D eigenvalue weighted by Gasteiger charge is 2.12. The zero-order valence-corrected chi connectivity index (χ0v) is 14.7. The monoisotopic (exact) mass is 368 g/mol. The minimum Gasteiger partial charge on any atom is -0.487 e. The summed E-state index contributed by atoms with van der Waals surface area (Å²) in [6, 6.07) is 11.6. The van der Waals surface area contributed by atoms with Gasteiger partial charge in [0, 0.05) is 17.3 Å². The van der Waals surface area contributed by atoms with Gasteiger partial charge in [0.1, 0.15) is 6.61 Å². The molecule has 0 radical (unpaired) electrons. The van der Waals surface area contributed by atoms with Gasteiger partial charge in [-0.1, -0.05) is 35.3 Å². The third-order valence-electron chi connectivity index (χ3n) is 2.98. The van der Waals surface area contributed by atoms with Crippen molar-refractivity contribution in [3.8, 4) is 5.75 Å². The number of carbonyl (C=O) groups is 1. The third kappa shape index (κ3) is 5.60. The number of hydrogen-bond acceptors (Lipinski definition) is 3. The van der Waals surface area contributed by atoms with Gasteiger partial charge in [0.15, 0.2) is 5.75 Å². The SMILES string of the molecule is CCOCCOc1c(Cl)cccc1NC(=O)Nc1cccc(Cl)c1. The Bertz CT molecular complexity index is 695. The minimum atomic E-state index is -0.422. The van der Waals surface area contributed by atoms with Gasteiger partial charge in [0.05, 0.1) is 17.3 Å². The van der Waals surface area contributed by atoms with Crippen molar-refractivity contribution in [2.75, 3.05) is 30.5 Å². The number of carbonyl (C=O) groups excluding carboxylic acids is 1. The fraction of sp³-hybridized carbons (Fsp3) is 0.235. The van der Waals surface area contributed by atoms with Crippen molar-refractivity contribution in [3.05, 3.63) is 52.5 Å². The largest absolute Gasteiger partial charge is 0.487 e. The molecule has 0 saturated carbocycles. The number of amides is 2. The molecule has 5 nitrogen and oxygen atoms in total. The molecule has 0 unspecified atom stereocenters. The predicted molar refractivity (Wildman–Crippen MR) is 97.5 cm³/mol. The Morgan fingerprint density at radius 2 is 1.88 bits per heavy atom. The standard InChI is InChI=1S/C17H18Cl2N2O3/c1-2-23-9-10-24-16-14(19)7-4-8-15(16)21-17(22)20-13-6-3-5-12(18)11-13/h3-8,11H,2,9-10H2,1H3,(H2,20,21,22). The van der Waals surface area contributed by atoms with Gasteiger partial charge in [-0.2, -0.15) is 0 Å². The fourth-order valence-corrected chi connectivity index (χ4v) is 2.37. The predicted octanol–water partition coefficient (Wildman–Crippen LogP) is 5.05. The molecular formula is C17H18Cl2N2O3. The lowest BCUT2D eigenvalue weighted by Gasteiger charge is -2.14. The summed E-state index contributed by atoms with van der Waals surface area (Å²) in [5, 5.41) is 6.36. The highest BCUT2D eigenvalue weighted by molar-refractivity contribution is 6.32. The second-order valence-electron chi connectivity index (χ2n) is 4.75. The van der Waals surface area contributed by atoms with Crippen molar-refractivity contribution in [2.45, 2.75) is 6.92 Å². The molecule has 0 atom stereocenters. The normalized spacial score (nSPS) is 10.3. The number of urea groups is 1. The lowest BCUT2D eigenvalue weighted by Crippen LogP contribution is -2.20. The summed E-state index contributed by atoms with van der Waals surface area (Å²) in [5.41, 5.74) is 1.05. The van der Waals surface area contributed by atoms with Crippen molar-refractivity contribution in [1.29, 1.82) is 0 Å². The van der Waals surface area contributed by atoms with Crippen LogP contribution in [0.1, 0.15) is 6.92 Å². The first-order valence-electron chi connectivity index (χ1n) is 7.42. The highest BCUT2D eigenvalue weighted by Crippen LogP contribution is 2.33. The van der Waals surface area contributed by atoms with Gasteiger partial charge in [-0.25, -0.2) is 4.79 Å². The van der Waals surface area contributed by atoms with Gasteiger partial charge in [0.2, 0.25) is 0 Å². The molecule has 0 bridgehead atoms. The quantitative estimate of drug-likeness (QED) is 0.672. The molecule has 0 saturated heterocycles. The van der Waals surface area contributed by atoms with Gasteiger partial charge < -0.3 is 20.1 Å². The second kappa shape index (κ2) is 9.37. The maximum Gasteiger partial charge on any atom is 0.323 e. The molecule has 24 heavy (non-hydrogen) atoms. The number of hydrogen-bond donors (Lipinski definition) is 2. The Kier molecular flexibility index (Phi) is 7.18. The van der Waals surface area contributed by atoms with Crippen LogP contribution in [0.25, 0.3) is 0 Å². The van der Waals surface area contributed by atoms with Crippen LogP contribution in [0.5, 0.6) is 5.75 Å². The van der Waals surface area contributed by atoms with Crippen LogP contribution in [0, 0.1) is 0 Å². The van der Waals surface area contributed by atoms with Crippen LogP contribution in [0.4, 0.5) is 16.2 Å². The molecule has 0 aliphatic carbocycles. The zero-order chi connectivity index (χ0) is 17.4. The summed E-state index contributed by atoms with van der Waals surface area (Å²) >= 11 is 12.0. The molecule has 0 aliphatic rings. The topological polar surface area (TPSA) is 59.6 Å². The third-order valence-corrected chi connectivity index (χ3v) is 3.51. The van der Waals surface area contributed by atoms with Crippen LogP contribution in [0.2, 0.25) is 10.0 Å². The summed E-state index contributed by atoms with van der Waals surface area (Å²) in [6.07, 6.45) is 0. The Morgan fingerprint density at radius 1 is 1.08 bits per heavy atom. The molecule has 2 aromatic rings. The van der Waals surface area contributed by atoms with Crippen LogP contribution in [0.3, 0.4) is 0 Å². The number of rotatable bonds is 7. The van der Waals surface area contributed by atoms with Crippen molar-refractivity contribution >= 4 is 40.6 Å². The van der Waals surface area contributed by atoms with Crippen LogP contribution in [-0.2, 0) is 4.74 Å². The van der Waals surface area contributed by atoms with Crippen LogP contribution >= 0.6 is 23.2 Å². The maximum absolute atomic E-state index is 12.1. The Morgan fingerprint density at radius 3 is 2.62 bits per heavy atom. The van der Waals surface area contributed by atoms with Gasteiger partial charge in [-0.05, 0) is 37.3 Å². The first-order chi connectivity index (χ1) is 11.6.